The fraction of sp³-hybridized carbons (Fsp3) is 0.385. The van der Waals surface area contributed by atoms with Crippen molar-refractivity contribution in [2.75, 3.05) is 31.2 Å². The van der Waals surface area contributed by atoms with E-state index in [-0.39, 0.29) is 25.0 Å². The Labute approximate surface area is 203 Å². The van der Waals surface area contributed by atoms with Crippen LogP contribution in [0.3, 0.4) is 0 Å². The largest absolute Gasteiger partial charge is 0.506 e. The van der Waals surface area contributed by atoms with Crippen LogP contribution in [0.1, 0.15) is 31.6 Å². The first-order valence-electron chi connectivity index (χ1n) is 11.9. The second-order valence-electron chi connectivity index (χ2n) is 9.62. The molecule has 9 nitrogen and oxygen atoms in total. The Hall–Kier alpha value is -3.40. The zero-order chi connectivity index (χ0) is 24.6. The number of benzene rings is 2. The molecule has 1 aliphatic rings. The predicted octanol–water partition coefficient (Wildman–Crippen LogP) is 2.86. The van der Waals surface area contributed by atoms with Crippen molar-refractivity contribution in [3.05, 3.63) is 54.5 Å². The molecule has 0 radical (unpaired) electrons. The molecule has 1 saturated heterocycles. The normalized spacial score (nSPS) is 16.2. The maximum absolute atomic E-state index is 10.4. The molecule has 184 valence electrons. The lowest BCUT2D eigenvalue weighted by atomic mass is 9.83. The van der Waals surface area contributed by atoms with Gasteiger partial charge in [0.05, 0.1) is 47.4 Å². The standard InChI is InChI=1S/C26H31N5O4/c1-26(13-32,14-33)25(35-18-11-20-24(22(34)12-18)29-15-28-20)19-6-5-16-3-2-4-21(23(16)30-19)31-9-7-17(27)8-10-31/h2-6,11-12,15,17,25,32-34H,7-10,13-14,27H2,1H3,(H,28,29). The monoisotopic (exact) mass is 477 g/mol. The Morgan fingerprint density at radius 3 is 2.69 bits per heavy atom. The number of pyridine rings is 1. The number of phenolic OH excluding ortho intramolecular Hbond substituents is 1. The molecule has 0 amide bonds. The van der Waals surface area contributed by atoms with Crippen molar-refractivity contribution in [2.45, 2.75) is 31.9 Å². The number of nitrogens with two attached hydrogens (primary N) is 1. The number of aliphatic hydroxyl groups is 2. The number of H-pyrrole nitrogens is 1. The third kappa shape index (κ3) is 4.38. The number of nitrogens with one attached hydrogen (secondary N) is 1. The van der Waals surface area contributed by atoms with Crippen molar-refractivity contribution in [1.29, 1.82) is 0 Å². The average Bonchev–Trinajstić information content (AvgIpc) is 3.36. The smallest absolute Gasteiger partial charge is 0.150 e. The molecule has 6 N–H and O–H groups in total. The van der Waals surface area contributed by atoms with Crippen LogP contribution in [-0.4, -0.2) is 62.6 Å². The fourth-order valence-electron chi connectivity index (χ4n) is 4.67. The summed E-state index contributed by atoms with van der Waals surface area (Å²) in [6.45, 7) is 2.82. The first-order valence-corrected chi connectivity index (χ1v) is 11.9. The second-order valence-corrected chi connectivity index (χ2v) is 9.62. The summed E-state index contributed by atoms with van der Waals surface area (Å²) in [5, 5.41) is 31.9. The number of hydrogen-bond donors (Lipinski definition) is 5. The molecule has 35 heavy (non-hydrogen) atoms. The van der Waals surface area contributed by atoms with Gasteiger partial charge in [-0.2, -0.15) is 0 Å². The maximum atomic E-state index is 10.4. The molecule has 0 saturated carbocycles. The van der Waals surface area contributed by atoms with Gasteiger partial charge in [0.1, 0.15) is 17.0 Å². The molecule has 3 heterocycles. The Morgan fingerprint density at radius 2 is 1.94 bits per heavy atom. The first-order chi connectivity index (χ1) is 16.9. The number of aromatic nitrogens is 3. The molecule has 5 rings (SSSR count). The molecule has 1 atom stereocenters. The number of ether oxygens (including phenoxy) is 1. The van der Waals surface area contributed by atoms with Gasteiger partial charge in [0.15, 0.2) is 6.10 Å². The molecule has 9 heteroatoms. The summed E-state index contributed by atoms with van der Waals surface area (Å²) < 4.78 is 6.33. The van der Waals surface area contributed by atoms with Crippen LogP contribution in [0, 0.1) is 5.41 Å². The van der Waals surface area contributed by atoms with Gasteiger partial charge in [-0.25, -0.2) is 9.97 Å². The van der Waals surface area contributed by atoms with Crippen LogP contribution in [0.4, 0.5) is 5.69 Å². The zero-order valence-corrected chi connectivity index (χ0v) is 19.7. The minimum Gasteiger partial charge on any atom is -0.506 e. The highest BCUT2D eigenvalue weighted by atomic mass is 16.5. The molecule has 1 unspecified atom stereocenters. The van der Waals surface area contributed by atoms with Gasteiger partial charge in [0.2, 0.25) is 0 Å². The van der Waals surface area contributed by atoms with Crippen molar-refractivity contribution in [3.63, 3.8) is 0 Å². The summed E-state index contributed by atoms with van der Waals surface area (Å²) in [5.41, 5.74) is 8.56. The number of anilines is 1. The van der Waals surface area contributed by atoms with Gasteiger partial charge in [-0.3, -0.25) is 0 Å². The number of imidazole rings is 1. The molecule has 1 aliphatic heterocycles. The number of para-hydroxylation sites is 1. The molecule has 1 fully saturated rings. The Morgan fingerprint density at radius 1 is 1.17 bits per heavy atom. The molecule has 2 aromatic carbocycles. The molecule has 4 aromatic rings. The average molecular weight is 478 g/mol. The fourth-order valence-corrected chi connectivity index (χ4v) is 4.67. The topological polar surface area (TPSA) is 141 Å². The minimum absolute atomic E-state index is 0.000475. The van der Waals surface area contributed by atoms with E-state index in [1.54, 1.807) is 13.0 Å². The summed E-state index contributed by atoms with van der Waals surface area (Å²) in [5.74, 6) is 0.362. The van der Waals surface area contributed by atoms with E-state index in [0.29, 0.717) is 22.5 Å². The Bertz CT molecular complexity index is 1330. The molecule has 0 spiro atoms. The lowest BCUT2D eigenvalue weighted by Crippen LogP contribution is -2.40. The van der Waals surface area contributed by atoms with E-state index >= 15 is 0 Å². The van der Waals surface area contributed by atoms with E-state index in [2.05, 4.69) is 20.9 Å². The molecule has 0 aliphatic carbocycles. The number of piperidine rings is 1. The van der Waals surface area contributed by atoms with Gasteiger partial charge < -0.3 is 35.7 Å². The van der Waals surface area contributed by atoms with E-state index in [9.17, 15) is 15.3 Å². The number of hydrogen-bond acceptors (Lipinski definition) is 8. The van der Waals surface area contributed by atoms with Crippen molar-refractivity contribution in [3.8, 4) is 11.5 Å². The highest BCUT2D eigenvalue weighted by Gasteiger charge is 2.38. The number of phenols is 1. The van der Waals surface area contributed by atoms with Crippen LogP contribution in [0.5, 0.6) is 11.5 Å². The quantitative estimate of drug-likeness (QED) is 0.274. The van der Waals surface area contributed by atoms with E-state index in [1.165, 1.54) is 12.4 Å². The number of aromatic amines is 1. The van der Waals surface area contributed by atoms with Crippen molar-refractivity contribution < 1.29 is 20.1 Å². The Balaban J connectivity index is 1.58. The van der Waals surface area contributed by atoms with Crippen LogP contribution in [0.2, 0.25) is 0 Å². The highest BCUT2D eigenvalue weighted by molar-refractivity contribution is 5.91. The van der Waals surface area contributed by atoms with Crippen LogP contribution >= 0.6 is 0 Å². The Kier molecular flexibility index (Phi) is 6.22. The van der Waals surface area contributed by atoms with Gasteiger partial charge in [-0.1, -0.05) is 25.1 Å². The van der Waals surface area contributed by atoms with Gasteiger partial charge >= 0.3 is 0 Å². The molecular weight excluding hydrogens is 446 g/mol. The summed E-state index contributed by atoms with van der Waals surface area (Å²) in [4.78, 5) is 14.4. The second kappa shape index (κ2) is 9.33. The van der Waals surface area contributed by atoms with Gasteiger partial charge in [0.25, 0.3) is 0 Å². The SMILES string of the molecule is CC(CO)(CO)C(Oc1cc(O)c2[nH]cnc2c1)c1ccc2cccc(N3CCC(N)CC3)c2n1. The minimum atomic E-state index is -1.04. The van der Waals surface area contributed by atoms with E-state index in [0.717, 1.165) is 42.5 Å². The summed E-state index contributed by atoms with van der Waals surface area (Å²) in [7, 11) is 0. The highest BCUT2D eigenvalue weighted by Crippen LogP contribution is 2.40. The summed E-state index contributed by atoms with van der Waals surface area (Å²) in [6.07, 6.45) is 2.56. The summed E-state index contributed by atoms with van der Waals surface area (Å²) >= 11 is 0. The van der Waals surface area contributed by atoms with Crippen LogP contribution in [0.15, 0.2) is 48.8 Å². The van der Waals surface area contributed by atoms with E-state index < -0.39 is 11.5 Å². The first kappa shape index (κ1) is 23.3. The summed E-state index contributed by atoms with van der Waals surface area (Å²) in [6, 6.07) is 13.4. The number of fused-ring (bicyclic) bond motifs is 2. The van der Waals surface area contributed by atoms with Gasteiger partial charge in [-0.15, -0.1) is 0 Å². The molecular formula is C26H31N5O4. The third-order valence-corrected chi connectivity index (χ3v) is 6.96. The van der Waals surface area contributed by atoms with Crippen molar-refractivity contribution in [2.24, 2.45) is 11.1 Å². The van der Waals surface area contributed by atoms with Crippen molar-refractivity contribution in [1.82, 2.24) is 15.0 Å². The molecule has 0 bridgehead atoms. The zero-order valence-electron chi connectivity index (χ0n) is 19.7. The predicted molar refractivity (Wildman–Crippen MR) is 135 cm³/mol. The van der Waals surface area contributed by atoms with E-state index in [1.807, 2.05) is 24.3 Å². The van der Waals surface area contributed by atoms with Crippen LogP contribution in [0.25, 0.3) is 21.9 Å². The van der Waals surface area contributed by atoms with Gasteiger partial charge in [-0.05, 0) is 25.0 Å². The van der Waals surface area contributed by atoms with E-state index in [4.69, 9.17) is 15.5 Å². The number of aliphatic hydroxyl groups excluding tert-OH is 2. The van der Waals surface area contributed by atoms with Crippen LogP contribution in [-0.2, 0) is 0 Å². The number of aromatic hydroxyl groups is 1. The van der Waals surface area contributed by atoms with Gasteiger partial charge in [0, 0.05) is 36.7 Å². The maximum Gasteiger partial charge on any atom is 0.150 e. The molecule has 2 aromatic heterocycles. The third-order valence-electron chi connectivity index (χ3n) is 6.96. The van der Waals surface area contributed by atoms with Crippen molar-refractivity contribution >= 4 is 27.6 Å². The lowest BCUT2D eigenvalue weighted by molar-refractivity contribution is -0.0308. The number of nitrogens with zero attached hydrogens (tertiary/aromatic N) is 3. The lowest BCUT2D eigenvalue weighted by Gasteiger charge is -2.35. The van der Waals surface area contributed by atoms with Crippen LogP contribution < -0.4 is 15.4 Å². The number of rotatable bonds is 7.